The molecule has 0 aliphatic rings. The van der Waals surface area contributed by atoms with Gasteiger partial charge in [-0.25, -0.2) is 9.59 Å². The van der Waals surface area contributed by atoms with Gasteiger partial charge in [0.15, 0.2) is 12.6 Å². The van der Waals surface area contributed by atoms with Crippen LogP contribution in [0.1, 0.15) is 47.4 Å². The maximum Gasteiger partial charge on any atom is 0.335 e. The van der Waals surface area contributed by atoms with Crippen molar-refractivity contribution >= 4 is 11.9 Å². The molecule has 0 atom stereocenters. The van der Waals surface area contributed by atoms with Crippen molar-refractivity contribution < 1.29 is 40.2 Å². The highest BCUT2D eigenvalue weighted by Gasteiger charge is 1.97. The molecule has 0 unspecified atom stereocenters. The van der Waals surface area contributed by atoms with Gasteiger partial charge >= 0.3 is 11.9 Å². The van der Waals surface area contributed by atoms with E-state index in [4.69, 9.17) is 30.6 Å². The maximum absolute atomic E-state index is 10.2. The molecule has 2 aromatic carbocycles. The van der Waals surface area contributed by atoms with Crippen molar-refractivity contribution in [1.82, 2.24) is 0 Å². The Morgan fingerprint density at radius 3 is 0.964 bits per heavy atom. The van der Waals surface area contributed by atoms with Crippen LogP contribution in [0.25, 0.3) is 0 Å². The van der Waals surface area contributed by atoms with Gasteiger partial charge in [0.1, 0.15) is 0 Å². The van der Waals surface area contributed by atoms with E-state index in [-0.39, 0.29) is 0 Å². The molecular formula is C20H28O8. The van der Waals surface area contributed by atoms with Crippen molar-refractivity contribution in [3.63, 3.8) is 0 Å². The zero-order chi connectivity index (χ0) is 21.9. The molecule has 0 bridgehead atoms. The summed E-state index contributed by atoms with van der Waals surface area (Å²) in [5, 5.41) is 48.4. The van der Waals surface area contributed by atoms with Gasteiger partial charge in [0.05, 0.1) is 11.1 Å². The molecule has 0 saturated heterocycles. The Bertz CT molecular complexity index is 570. The van der Waals surface area contributed by atoms with Crippen LogP contribution in [0.2, 0.25) is 0 Å². The summed E-state index contributed by atoms with van der Waals surface area (Å²) >= 11 is 0. The van der Waals surface area contributed by atoms with Gasteiger partial charge in [-0.1, -0.05) is 50.2 Å². The summed E-state index contributed by atoms with van der Waals surface area (Å²) < 4.78 is 0. The van der Waals surface area contributed by atoms with E-state index in [2.05, 4.69) is 0 Å². The first-order valence-corrected chi connectivity index (χ1v) is 8.44. The first-order valence-electron chi connectivity index (χ1n) is 8.44. The monoisotopic (exact) mass is 396 g/mol. The van der Waals surface area contributed by atoms with Crippen molar-refractivity contribution in [3.8, 4) is 0 Å². The number of aromatic carboxylic acids is 2. The van der Waals surface area contributed by atoms with E-state index in [0.717, 1.165) is 0 Å². The van der Waals surface area contributed by atoms with Crippen LogP contribution < -0.4 is 0 Å². The number of hydrogen-bond donors (Lipinski definition) is 6. The molecule has 0 aromatic heterocycles. The Morgan fingerprint density at radius 2 is 0.857 bits per heavy atom. The van der Waals surface area contributed by atoms with Gasteiger partial charge in [-0.2, -0.15) is 0 Å². The minimum absolute atomic E-state index is 0.331. The Balaban J connectivity index is 0. The molecule has 0 radical (unpaired) electrons. The van der Waals surface area contributed by atoms with Crippen molar-refractivity contribution in [2.75, 3.05) is 0 Å². The molecule has 2 aromatic rings. The smallest absolute Gasteiger partial charge is 0.335 e. The van der Waals surface area contributed by atoms with E-state index >= 15 is 0 Å². The largest absolute Gasteiger partial charge is 0.478 e. The third-order valence-corrected chi connectivity index (χ3v) is 2.77. The van der Waals surface area contributed by atoms with Gasteiger partial charge in [0, 0.05) is 0 Å². The van der Waals surface area contributed by atoms with Crippen molar-refractivity contribution in [3.05, 3.63) is 71.8 Å². The zero-order valence-corrected chi connectivity index (χ0v) is 15.8. The molecule has 0 heterocycles. The lowest BCUT2D eigenvalue weighted by molar-refractivity contribution is -0.0420. The summed E-state index contributed by atoms with van der Waals surface area (Å²) in [5.74, 6) is -1.76. The van der Waals surface area contributed by atoms with Crippen LogP contribution in [-0.4, -0.2) is 55.2 Å². The molecule has 2 rings (SSSR count). The maximum atomic E-state index is 10.2. The third-order valence-electron chi connectivity index (χ3n) is 2.77. The van der Waals surface area contributed by atoms with Crippen LogP contribution >= 0.6 is 0 Å². The first-order chi connectivity index (χ1) is 13.1. The second-order valence-corrected chi connectivity index (χ2v) is 5.12. The molecule has 0 amide bonds. The van der Waals surface area contributed by atoms with E-state index < -0.39 is 24.5 Å². The number of hydrogen-bond acceptors (Lipinski definition) is 6. The number of carboxylic acids is 2. The van der Waals surface area contributed by atoms with Crippen molar-refractivity contribution in [1.29, 1.82) is 0 Å². The lowest BCUT2D eigenvalue weighted by Crippen LogP contribution is -1.99. The Kier molecular flexibility index (Phi) is 17.3. The Morgan fingerprint density at radius 1 is 0.643 bits per heavy atom. The second kappa shape index (κ2) is 17.6. The highest BCUT2D eigenvalue weighted by Crippen LogP contribution is 1.96. The Labute approximate surface area is 164 Å². The topological polar surface area (TPSA) is 156 Å². The molecule has 156 valence electrons. The lowest BCUT2D eigenvalue weighted by atomic mass is 10.2. The standard InChI is InChI=1S/2C7H6O2.2C3H8O2/c2*8-7(9)6-4-2-1-3-5-6;2*1-2-3(4)5/h2*1-5H,(H,8,9);2*3-5H,2H2,1H3. The van der Waals surface area contributed by atoms with Crippen molar-refractivity contribution in [2.24, 2.45) is 0 Å². The molecule has 8 heteroatoms. The van der Waals surface area contributed by atoms with Crippen LogP contribution in [-0.2, 0) is 0 Å². The molecule has 0 aliphatic carbocycles. The number of aliphatic hydroxyl groups excluding tert-OH is 2. The van der Waals surface area contributed by atoms with Gasteiger partial charge in [-0.05, 0) is 37.1 Å². The zero-order valence-electron chi connectivity index (χ0n) is 15.8. The molecule has 28 heavy (non-hydrogen) atoms. The molecule has 0 fully saturated rings. The molecule has 0 aliphatic heterocycles. The van der Waals surface area contributed by atoms with Crippen LogP contribution in [0.15, 0.2) is 60.7 Å². The van der Waals surface area contributed by atoms with Gasteiger partial charge in [-0.3, -0.25) is 0 Å². The summed E-state index contributed by atoms with van der Waals surface area (Å²) in [6.07, 6.45) is -1.40. The molecule has 0 spiro atoms. The van der Waals surface area contributed by atoms with Crippen LogP contribution in [0, 0.1) is 0 Å². The Hall–Kier alpha value is -2.78. The minimum atomic E-state index is -1.12. The SMILES string of the molecule is CCC(O)O.CCC(O)O.O=C(O)c1ccccc1.O=C(O)c1ccccc1. The second-order valence-electron chi connectivity index (χ2n) is 5.12. The van der Waals surface area contributed by atoms with Crippen LogP contribution in [0.4, 0.5) is 0 Å². The van der Waals surface area contributed by atoms with E-state index in [1.807, 2.05) is 0 Å². The third kappa shape index (κ3) is 18.0. The van der Waals surface area contributed by atoms with E-state index in [0.29, 0.717) is 24.0 Å². The van der Waals surface area contributed by atoms with E-state index in [1.54, 1.807) is 74.5 Å². The fraction of sp³-hybridized carbons (Fsp3) is 0.300. The highest BCUT2D eigenvalue weighted by atomic mass is 16.5. The fourth-order valence-electron chi connectivity index (χ4n) is 1.16. The van der Waals surface area contributed by atoms with Gasteiger partial charge in [0.25, 0.3) is 0 Å². The fourth-order valence-corrected chi connectivity index (χ4v) is 1.16. The molecule has 6 N–H and O–H groups in total. The number of rotatable bonds is 4. The quantitative estimate of drug-likeness (QED) is 0.430. The van der Waals surface area contributed by atoms with E-state index in [9.17, 15) is 9.59 Å². The molecule has 8 nitrogen and oxygen atoms in total. The lowest BCUT2D eigenvalue weighted by Gasteiger charge is -1.90. The van der Waals surface area contributed by atoms with Crippen LogP contribution in [0.5, 0.6) is 0 Å². The summed E-state index contributed by atoms with van der Waals surface area (Å²) in [6, 6.07) is 16.6. The number of benzene rings is 2. The first kappa shape index (κ1) is 27.4. The predicted molar refractivity (Wildman–Crippen MR) is 104 cm³/mol. The highest BCUT2D eigenvalue weighted by molar-refractivity contribution is 5.87. The number of carbonyl (C=O) groups is 2. The molecule has 0 saturated carbocycles. The normalized spacial score (nSPS) is 9.14. The average Bonchev–Trinajstić information content (AvgIpc) is 2.70. The number of carboxylic acid groups (broad SMARTS) is 2. The van der Waals surface area contributed by atoms with Gasteiger partial charge in [-0.15, -0.1) is 0 Å². The average molecular weight is 396 g/mol. The van der Waals surface area contributed by atoms with Crippen molar-refractivity contribution in [2.45, 2.75) is 39.3 Å². The molecular weight excluding hydrogens is 368 g/mol. The minimum Gasteiger partial charge on any atom is -0.478 e. The summed E-state index contributed by atoms with van der Waals surface area (Å²) in [6.45, 7) is 3.40. The summed E-state index contributed by atoms with van der Waals surface area (Å²) in [7, 11) is 0. The summed E-state index contributed by atoms with van der Waals surface area (Å²) in [5.41, 5.74) is 0.662. The predicted octanol–water partition coefficient (Wildman–Crippen LogP) is 2.18. The number of aliphatic hydroxyl groups is 4. The van der Waals surface area contributed by atoms with E-state index in [1.165, 1.54) is 0 Å². The van der Waals surface area contributed by atoms with Crippen LogP contribution in [0.3, 0.4) is 0 Å². The van der Waals surface area contributed by atoms with Gasteiger partial charge < -0.3 is 30.6 Å². The summed E-state index contributed by atoms with van der Waals surface area (Å²) in [4.78, 5) is 20.4. The van der Waals surface area contributed by atoms with Gasteiger partial charge in [0.2, 0.25) is 0 Å².